The zero-order chi connectivity index (χ0) is 17.7. The number of aromatic nitrogens is 1. The van der Waals surface area contributed by atoms with E-state index >= 15 is 0 Å². The molecule has 2 heterocycles. The Balaban J connectivity index is 1.82. The molecule has 0 saturated carbocycles. The van der Waals surface area contributed by atoms with Crippen LogP contribution in [0.5, 0.6) is 0 Å². The van der Waals surface area contributed by atoms with Crippen LogP contribution in [0.15, 0.2) is 18.3 Å². The monoisotopic (exact) mass is 335 g/mol. The van der Waals surface area contributed by atoms with Gasteiger partial charge in [-0.05, 0) is 45.7 Å². The van der Waals surface area contributed by atoms with Crippen LogP contribution in [-0.2, 0) is 9.47 Å². The summed E-state index contributed by atoms with van der Waals surface area (Å²) in [6.45, 7) is 6.90. The van der Waals surface area contributed by atoms with Gasteiger partial charge in [-0.25, -0.2) is 14.6 Å². The molecule has 7 nitrogen and oxygen atoms in total. The maximum atomic E-state index is 12.0. The Kier molecular flexibility index (Phi) is 5.64. The van der Waals surface area contributed by atoms with Crippen molar-refractivity contribution >= 4 is 17.7 Å². The molecule has 1 saturated heterocycles. The minimum atomic E-state index is -0.473. The lowest BCUT2D eigenvalue weighted by Gasteiger charge is -2.34. The van der Waals surface area contributed by atoms with Crippen molar-refractivity contribution in [3.63, 3.8) is 0 Å². The summed E-state index contributed by atoms with van der Waals surface area (Å²) in [5, 5.41) is 3.38. The van der Waals surface area contributed by atoms with Crippen LogP contribution >= 0.6 is 0 Å². The molecule has 0 unspecified atom stereocenters. The van der Waals surface area contributed by atoms with E-state index in [4.69, 9.17) is 4.74 Å². The van der Waals surface area contributed by atoms with E-state index in [1.807, 2.05) is 20.8 Å². The second-order valence-electron chi connectivity index (χ2n) is 6.81. The molecule has 0 radical (unpaired) electrons. The highest BCUT2D eigenvalue weighted by Crippen LogP contribution is 2.18. The number of methoxy groups -OCH3 is 1. The van der Waals surface area contributed by atoms with E-state index < -0.39 is 11.6 Å². The maximum Gasteiger partial charge on any atom is 0.410 e. The highest BCUT2D eigenvalue weighted by molar-refractivity contribution is 5.87. The molecule has 1 aromatic rings. The normalized spacial score (nSPS) is 15.8. The molecular weight excluding hydrogens is 310 g/mol. The molecule has 132 valence electrons. The molecule has 0 spiro atoms. The number of piperidine rings is 1. The van der Waals surface area contributed by atoms with Crippen molar-refractivity contribution < 1.29 is 19.1 Å². The van der Waals surface area contributed by atoms with Gasteiger partial charge >= 0.3 is 12.1 Å². The van der Waals surface area contributed by atoms with E-state index in [-0.39, 0.29) is 17.8 Å². The van der Waals surface area contributed by atoms with Gasteiger partial charge in [0.2, 0.25) is 0 Å². The average molecular weight is 335 g/mol. The van der Waals surface area contributed by atoms with Crippen LogP contribution in [0, 0.1) is 0 Å². The predicted molar refractivity (Wildman–Crippen MR) is 90.0 cm³/mol. The molecule has 1 aliphatic heterocycles. The quantitative estimate of drug-likeness (QED) is 0.856. The van der Waals surface area contributed by atoms with Crippen LogP contribution in [0.2, 0.25) is 0 Å². The third-order valence-corrected chi connectivity index (χ3v) is 3.68. The van der Waals surface area contributed by atoms with Gasteiger partial charge in [0.25, 0.3) is 0 Å². The van der Waals surface area contributed by atoms with Crippen LogP contribution in [0.25, 0.3) is 0 Å². The van der Waals surface area contributed by atoms with E-state index in [2.05, 4.69) is 15.0 Å². The Bertz CT molecular complexity index is 572. The molecule has 7 heteroatoms. The van der Waals surface area contributed by atoms with Gasteiger partial charge in [-0.15, -0.1) is 0 Å². The van der Waals surface area contributed by atoms with Crippen LogP contribution in [0.3, 0.4) is 0 Å². The Morgan fingerprint density at radius 1 is 1.25 bits per heavy atom. The Morgan fingerprint density at radius 2 is 1.92 bits per heavy atom. The number of rotatable bonds is 3. The third-order valence-electron chi connectivity index (χ3n) is 3.68. The Hall–Kier alpha value is -2.31. The van der Waals surface area contributed by atoms with Gasteiger partial charge in [0.15, 0.2) is 0 Å². The number of hydrogen-bond acceptors (Lipinski definition) is 6. The smallest absolute Gasteiger partial charge is 0.410 e. The zero-order valence-corrected chi connectivity index (χ0v) is 14.7. The molecule has 2 rings (SSSR count). The topological polar surface area (TPSA) is 80.8 Å². The van der Waals surface area contributed by atoms with Crippen molar-refractivity contribution in [3.05, 3.63) is 24.0 Å². The lowest BCUT2D eigenvalue weighted by molar-refractivity contribution is 0.0210. The summed E-state index contributed by atoms with van der Waals surface area (Å²) >= 11 is 0. The standard InChI is InChI=1S/C17H25N3O4/c1-17(2,3)24-16(22)20-9-7-12(8-10-20)19-13-5-6-14(18-11-13)15(21)23-4/h5-6,11-12,19H,7-10H2,1-4H3. The van der Waals surface area contributed by atoms with Crippen molar-refractivity contribution in [2.75, 3.05) is 25.5 Å². The molecule has 0 atom stereocenters. The van der Waals surface area contributed by atoms with Gasteiger partial charge in [-0.2, -0.15) is 0 Å². The highest BCUT2D eigenvalue weighted by Gasteiger charge is 2.26. The van der Waals surface area contributed by atoms with Gasteiger partial charge in [0, 0.05) is 19.1 Å². The summed E-state index contributed by atoms with van der Waals surface area (Å²) in [5.74, 6) is -0.452. The van der Waals surface area contributed by atoms with E-state index in [0.717, 1.165) is 18.5 Å². The first-order valence-electron chi connectivity index (χ1n) is 8.07. The van der Waals surface area contributed by atoms with Gasteiger partial charge in [-0.3, -0.25) is 0 Å². The van der Waals surface area contributed by atoms with Crippen LogP contribution < -0.4 is 5.32 Å². The lowest BCUT2D eigenvalue weighted by atomic mass is 10.1. The first-order chi connectivity index (χ1) is 11.3. The number of likely N-dealkylation sites (tertiary alicyclic amines) is 1. The summed E-state index contributed by atoms with van der Waals surface area (Å²) in [5.41, 5.74) is 0.653. The fourth-order valence-electron chi connectivity index (χ4n) is 2.47. The predicted octanol–water partition coefficient (Wildman–Crippen LogP) is 2.68. The average Bonchev–Trinajstić information content (AvgIpc) is 2.54. The van der Waals surface area contributed by atoms with E-state index in [0.29, 0.717) is 13.1 Å². The molecule has 1 aromatic heterocycles. The number of carbonyl (C=O) groups is 2. The number of ether oxygens (including phenoxy) is 2. The molecule has 1 aliphatic rings. The Morgan fingerprint density at radius 3 is 2.42 bits per heavy atom. The third kappa shape index (κ3) is 5.11. The Labute approximate surface area is 142 Å². The molecule has 0 bridgehead atoms. The largest absolute Gasteiger partial charge is 0.464 e. The number of nitrogens with one attached hydrogen (secondary N) is 1. The van der Waals surface area contributed by atoms with Gasteiger partial charge < -0.3 is 19.7 Å². The number of anilines is 1. The summed E-state index contributed by atoms with van der Waals surface area (Å²) < 4.78 is 10.0. The second kappa shape index (κ2) is 7.51. The summed E-state index contributed by atoms with van der Waals surface area (Å²) in [6, 6.07) is 3.69. The SMILES string of the molecule is COC(=O)c1ccc(NC2CCN(C(=O)OC(C)(C)C)CC2)cn1. The van der Waals surface area contributed by atoms with Gasteiger partial charge in [0.1, 0.15) is 11.3 Å². The number of nitrogens with zero attached hydrogens (tertiary/aromatic N) is 2. The summed E-state index contributed by atoms with van der Waals surface area (Å²) in [4.78, 5) is 29.2. The van der Waals surface area contributed by atoms with Crippen molar-refractivity contribution in [2.45, 2.75) is 45.3 Å². The molecule has 1 fully saturated rings. The fraction of sp³-hybridized carbons (Fsp3) is 0.588. The van der Waals surface area contributed by atoms with E-state index in [1.165, 1.54) is 7.11 Å². The number of esters is 1. The van der Waals surface area contributed by atoms with Crippen molar-refractivity contribution in [2.24, 2.45) is 0 Å². The summed E-state index contributed by atoms with van der Waals surface area (Å²) in [7, 11) is 1.33. The van der Waals surface area contributed by atoms with Crippen molar-refractivity contribution in [3.8, 4) is 0 Å². The molecule has 1 N–H and O–H groups in total. The van der Waals surface area contributed by atoms with Crippen molar-refractivity contribution in [1.29, 1.82) is 0 Å². The van der Waals surface area contributed by atoms with Crippen LogP contribution in [-0.4, -0.2) is 53.8 Å². The number of amides is 1. The number of pyridine rings is 1. The highest BCUT2D eigenvalue weighted by atomic mass is 16.6. The van der Waals surface area contributed by atoms with E-state index in [1.54, 1.807) is 23.2 Å². The molecule has 0 aromatic carbocycles. The lowest BCUT2D eigenvalue weighted by Crippen LogP contribution is -2.44. The number of carbonyl (C=O) groups excluding carboxylic acids is 2. The first kappa shape index (κ1) is 18.0. The zero-order valence-electron chi connectivity index (χ0n) is 14.7. The van der Waals surface area contributed by atoms with E-state index in [9.17, 15) is 9.59 Å². The maximum absolute atomic E-state index is 12.0. The number of hydrogen-bond donors (Lipinski definition) is 1. The van der Waals surface area contributed by atoms with Gasteiger partial charge in [0.05, 0.1) is 19.0 Å². The van der Waals surface area contributed by atoms with Crippen LogP contribution in [0.1, 0.15) is 44.1 Å². The minimum Gasteiger partial charge on any atom is -0.464 e. The summed E-state index contributed by atoms with van der Waals surface area (Å²) in [6.07, 6.45) is 3.02. The van der Waals surface area contributed by atoms with Crippen molar-refractivity contribution in [1.82, 2.24) is 9.88 Å². The first-order valence-corrected chi connectivity index (χ1v) is 8.07. The minimum absolute atomic E-state index is 0.259. The van der Waals surface area contributed by atoms with Crippen LogP contribution in [0.4, 0.5) is 10.5 Å². The second-order valence-corrected chi connectivity index (χ2v) is 6.81. The molecule has 0 aliphatic carbocycles. The molecule has 1 amide bonds. The molecular formula is C17H25N3O4. The molecule has 24 heavy (non-hydrogen) atoms. The fourth-order valence-corrected chi connectivity index (χ4v) is 2.47. The van der Waals surface area contributed by atoms with Gasteiger partial charge in [-0.1, -0.05) is 0 Å².